The highest BCUT2D eigenvalue weighted by molar-refractivity contribution is 9.09. The third-order valence-corrected chi connectivity index (χ3v) is 6.08. The predicted octanol–water partition coefficient (Wildman–Crippen LogP) is 1.93. The van der Waals surface area contributed by atoms with E-state index in [9.17, 15) is 13.2 Å². The van der Waals surface area contributed by atoms with Gasteiger partial charge in [-0.05, 0) is 33.6 Å². The molecular weight excluding hydrogens is 306 g/mol. The van der Waals surface area contributed by atoms with Crippen molar-refractivity contribution in [2.24, 2.45) is 0 Å². The van der Waals surface area contributed by atoms with Crippen molar-refractivity contribution in [1.82, 2.24) is 4.31 Å². The Morgan fingerprint density at radius 2 is 1.94 bits per heavy atom. The van der Waals surface area contributed by atoms with Gasteiger partial charge in [0.15, 0.2) is 5.78 Å². The zero-order valence-corrected chi connectivity index (χ0v) is 13.0. The van der Waals surface area contributed by atoms with Gasteiger partial charge in [0, 0.05) is 5.33 Å². The first-order valence-corrected chi connectivity index (χ1v) is 8.38. The first-order chi connectivity index (χ1) is 7.71. The smallest absolute Gasteiger partial charge is 0.220 e. The summed E-state index contributed by atoms with van der Waals surface area (Å²) in [6, 6.07) is -0.418. The lowest BCUT2D eigenvalue weighted by Crippen LogP contribution is -2.62. The number of rotatable bonds is 5. The Morgan fingerprint density at radius 1 is 1.35 bits per heavy atom. The Bertz CT molecular complexity index is 386. The predicted molar refractivity (Wildman–Crippen MR) is 71.8 cm³/mol. The van der Waals surface area contributed by atoms with E-state index < -0.39 is 20.8 Å². The minimum Gasteiger partial charge on any atom is -0.296 e. The van der Waals surface area contributed by atoms with E-state index in [4.69, 9.17) is 0 Å². The molecule has 6 heteroatoms. The van der Waals surface area contributed by atoms with E-state index in [-0.39, 0.29) is 12.3 Å². The lowest BCUT2D eigenvalue weighted by atomic mass is 9.99. The summed E-state index contributed by atoms with van der Waals surface area (Å²) in [6.07, 6.45) is 2.48. The van der Waals surface area contributed by atoms with E-state index in [1.807, 2.05) is 0 Å². The molecule has 0 aromatic heterocycles. The highest BCUT2D eigenvalue weighted by Crippen LogP contribution is 2.30. The molecule has 1 atom stereocenters. The van der Waals surface area contributed by atoms with Gasteiger partial charge in [0.1, 0.15) is 0 Å². The highest BCUT2D eigenvalue weighted by Gasteiger charge is 2.48. The largest absolute Gasteiger partial charge is 0.296 e. The number of carbonyl (C=O) groups excluding carboxylic acids is 1. The third-order valence-electron chi connectivity index (χ3n) is 2.97. The number of sulfonamides is 1. The van der Waals surface area contributed by atoms with Crippen molar-refractivity contribution < 1.29 is 13.2 Å². The fraction of sp³-hybridized carbons (Fsp3) is 0.909. The number of hydrogen-bond donors (Lipinski definition) is 0. The molecule has 4 nitrogen and oxygen atoms in total. The van der Waals surface area contributed by atoms with Gasteiger partial charge < -0.3 is 0 Å². The van der Waals surface area contributed by atoms with E-state index >= 15 is 0 Å². The molecule has 0 unspecified atom stereocenters. The van der Waals surface area contributed by atoms with Crippen LogP contribution in [0.2, 0.25) is 0 Å². The highest BCUT2D eigenvalue weighted by atomic mass is 79.9. The summed E-state index contributed by atoms with van der Waals surface area (Å²) < 4.78 is 24.9. The Hall–Kier alpha value is 0.0600. The molecular formula is C11H20BrNO3S. The molecule has 1 rings (SSSR count). The average Bonchev–Trinajstić information content (AvgIpc) is 2.19. The molecule has 1 aliphatic heterocycles. The van der Waals surface area contributed by atoms with Crippen LogP contribution < -0.4 is 0 Å². The fourth-order valence-electron chi connectivity index (χ4n) is 1.76. The van der Waals surface area contributed by atoms with Crippen LogP contribution in [-0.2, 0) is 14.8 Å². The molecule has 1 aliphatic rings. The number of hydrogen-bond acceptors (Lipinski definition) is 3. The summed E-state index contributed by atoms with van der Waals surface area (Å²) in [4.78, 5) is 11.5. The topological polar surface area (TPSA) is 54.5 Å². The van der Waals surface area contributed by atoms with Gasteiger partial charge in [-0.3, -0.25) is 4.79 Å². The molecule has 1 saturated heterocycles. The van der Waals surface area contributed by atoms with Crippen molar-refractivity contribution in [3.63, 3.8) is 0 Å². The molecule has 0 aromatic rings. The lowest BCUT2D eigenvalue weighted by molar-refractivity contribution is -0.131. The van der Waals surface area contributed by atoms with Gasteiger partial charge in [0.25, 0.3) is 0 Å². The van der Waals surface area contributed by atoms with Crippen LogP contribution in [-0.4, -0.2) is 41.2 Å². The summed E-state index contributed by atoms with van der Waals surface area (Å²) in [6.45, 7) is 5.06. The Labute approximate surface area is 112 Å². The van der Waals surface area contributed by atoms with E-state index in [1.165, 1.54) is 4.31 Å². The molecule has 1 fully saturated rings. The quantitative estimate of drug-likeness (QED) is 0.573. The van der Waals surface area contributed by atoms with Crippen molar-refractivity contribution >= 4 is 31.7 Å². The number of ketones is 1. The molecule has 0 bridgehead atoms. The maximum atomic E-state index is 12.2. The number of nitrogens with zero attached hydrogens (tertiary/aromatic N) is 1. The lowest BCUT2D eigenvalue weighted by Gasteiger charge is -2.41. The van der Waals surface area contributed by atoms with Gasteiger partial charge in [-0.15, -0.1) is 0 Å². The fourth-order valence-corrected chi connectivity index (χ4v) is 3.71. The van der Waals surface area contributed by atoms with E-state index in [0.717, 1.165) is 18.2 Å². The van der Waals surface area contributed by atoms with Crippen molar-refractivity contribution in [3.8, 4) is 0 Å². The summed E-state index contributed by atoms with van der Waals surface area (Å²) in [7, 11) is -3.36. The van der Waals surface area contributed by atoms with Crippen LogP contribution in [0.5, 0.6) is 0 Å². The summed E-state index contributed by atoms with van der Waals surface area (Å²) in [5.74, 6) is 0.0485. The second kappa shape index (κ2) is 5.36. The number of carbonyl (C=O) groups is 1. The van der Waals surface area contributed by atoms with Gasteiger partial charge in [0.2, 0.25) is 10.0 Å². The first-order valence-electron chi connectivity index (χ1n) is 5.82. The van der Waals surface area contributed by atoms with E-state index in [2.05, 4.69) is 15.9 Å². The molecule has 0 amide bonds. The van der Waals surface area contributed by atoms with Gasteiger partial charge in [-0.1, -0.05) is 22.4 Å². The molecule has 0 N–H and O–H groups in total. The van der Waals surface area contributed by atoms with Gasteiger partial charge in [-0.2, -0.15) is 4.31 Å². The molecule has 0 spiro atoms. The molecule has 0 aliphatic carbocycles. The minimum absolute atomic E-state index is 0.0485. The van der Waals surface area contributed by atoms with Crippen LogP contribution in [0.4, 0.5) is 0 Å². The van der Waals surface area contributed by atoms with Crippen molar-refractivity contribution in [2.45, 2.75) is 50.8 Å². The zero-order chi connectivity index (χ0) is 13.3. The number of Topliss-reactive ketones (excluding diaryl/α,β-unsaturated/α-hetero) is 1. The summed E-state index contributed by atoms with van der Waals surface area (Å²) >= 11 is 3.32. The Morgan fingerprint density at radius 3 is 2.35 bits per heavy atom. The number of alkyl halides is 1. The number of unbranched alkanes of at least 4 members (excludes halogenated alkanes) is 1. The Kier molecular flexibility index (Phi) is 4.77. The van der Waals surface area contributed by atoms with Crippen molar-refractivity contribution in [1.29, 1.82) is 0 Å². The van der Waals surface area contributed by atoms with Crippen LogP contribution in [0, 0.1) is 0 Å². The van der Waals surface area contributed by atoms with Crippen LogP contribution in [0.25, 0.3) is 0 Å². The maximum absolute atomic E-state index is 12.2. The standard InChI is InChI=1S/C11H20BrNO3S/c1-11(2,3)17(15,16)13-8-10(14)9(13)6-4-5-7-12/h9H,4-8H2,1-3H3/t9-/m1/s1. The van der Waals surface area contributed by atoms with Crippen LogP contribution in [0.3, 0.4) is 0 Å². The minimum atomic E-state index is -3.36. The SMILES string of the molecule is CC(C)(C)S(=O)(=O)N1CC(=O)[C@H]1CCCCBr. The van der Waals surface area contributed by atoms with Crippen LogP contribution >= 0.6 is 15.9 Å². The monoisotopic (exact) mass is 325 g/mol. The van der Waals surface area contributed by atoms with Gasteiger partial charge in [0.05, 0.1) is 17.3 Å². The number of halogens is 1. The second-order valence-electron chi connectivity index (χ2n) is 5.33. The normalized spacial score (nSPS) is 22.6. The van der Waals surface area contributed by atoms with Crippen molar-refractivity contribution in [3.05, 3.63) is 0 Å². The molecule has 17 heavy (non-hydrogen) atoms. The third kappa shape index (κ3) is 3.09. The van der Waals surface area contributed by atoms with E-state index in [0.29, 0.717) is 6.42 Å². The molecule has 0 saturated carbocycles. The van der Waals surface area contributed by atoms with E-state index in [1.54, 1.807) is 20.8 Å². The summed E-state index contributed by atoms with van der Waals surface area (Å²) in [5.41, 5.74) is 0. The summed E-state index contributed by atoms with van der Waals surface area (Å²) in [5, 5.41) is 0.889. The van der Waals surface area contributed by atoms with Crippen LogP contribution in [0.1, 0.15) is 40.0 Å². The van der Waals surface area contributed by atoms with Gasteiger partial charge >= 0.3 is 0 Å². The Balaban J connectivity index is 2.70. The molecule has 0 radical (unpaired) electrons. The average molecular weight is 326 g/mol. The maximum Gasteiger partial charge on any atom is 0.220 e. The molecule has 1 heterocycles. The van der Waals surface area contributed by atoms with Crippen LogP contribution in [0.15, 0.2) is 0 Å². The second-order valence-corrected chi connectivity index (χ2v) is 8.77. The van der Waals surface area contributed by atoms with Crippen molar-refractivity contribution in [2.75, 3.05) is 11.9 Å². The molecule has 100 valence electrons. The zero-order valence-electron chi connectivity index (χ0n) is 10.6. The first kappa shape index (κ1) is 15.1. The molecule has 0 aromatic carbocycles. The van der Waals surface area contributed by atoms with Gasteiger partial charge in [-0.25, -0.2) is 8.42 Å².